The minimum Gasteiger partial charge on any atom is -0.496 e. The summed E-state index contributed by atoms with van der Waals surface area (Å²) in [7, 11) is 1.67. The third kappa shape index (κ3) is 3.28. The maximum Gasteiger partial charge on any atom is 0.304 e. The van der Waals surface area contributed by atoms with Crippen LogP contribution in [-0.4, -0.2) is 18.2 Å². The third-order valence-electron chi connectivity index (χ3n) is 3.50. The highest BCUT2D eigenvalue weighted by molar-refractivity contribution is 5.69. The van der Waals surface area contributed by atoms with Gasteiger partial charge in [-0.15, -0.1) is 0 Å². The second-order valence-electron chi connectivity index (χ2n) is 5.99. The Labute approximate surface area is 115 Å². The maximum atomic E-state index is 11.1. The highest BCUT2D eigenvalue weighted by Crippen LogP contribution is 2.40. The first-order valence-corrected chi connectivity index (χ1v) is 6.60. The minimum absolute atomic E-state index is 0.110. The smallest absolute Gasteiger partial charge is 0.304 e. The molecule has 0 fully saturated rings. The number of carboxylic acid groups (broad SMARTS) is 1. The molecule has 0 aromatic heterocycles. The molecule has 1 aromatic rings. The van der Waals surface area contributed by atoms with Gasteiger partial charge < -0.3 is 9.84 Å². The average molecular weight is 264 g/mol. The number of hydrogen-bond acceptors (Lipinski definition) is 2. The molecule has 0 spiro atoms. The molecule has 1 rings (SSSR count). The van der Waals surface area contributed by atoms with E-state index in [0.29, 0.717) is 0 Å². The van der Waals surface area contributed by atoms with Gasteiger partial charge in [-0.2, -0.15) is 0 Å². The van der Waals surface area contributed by atoms with Crippen molar-refractivity contribution in [3.8, 4) is 5.75 Å². The lowest BCUT2D eigenvalue weighted by Crippen LogP contribution is -2.24. The van der Waals surface area contributed by atoms with Crippen molar-refractivity contribution >= 4 is 5.97 Å². The van der Waals surface area contributed by atoms with E-state index in [1.165, 1.54) is 0 Å². The third-order valence-corrected chi connectivity index (χ3v) is 3.50. The first kappa shape index (κ1) is 15.5. The predicted octanol–water partition coefficient (Wildman–Crippen LogP) is 3.88. The van der Waals surface area contributed by atoms with E-state index in [2.05, 4.69) is 13.8 Å². The van der Waals surface area contributed by atoms with Gasteiger partial charge in [0.25, 0.3) is 0 Å². The van der Waals surface area contributed by atoms with E-state index >= 15 is 0 Å². The maximum absolute atomic E-state index is 11.1. The molecule has 0 aliphatic rings. The van der Waals surface area contributed by atoms with Gasteiger partial charge in [0.2, 0.25) is 0 Å². The average Bonchev–Trinajstić information content (AvgIpc) is 2.26. The van der Waals surface area contributed by atoms with Crippen LogP contribution in [0.15, 0.2) is 12.1 Å². The van der Waals surface area contributed by atoms with Crippen LogP contribution in [0.1, 0.15) is 56.7 Å². The Morgan fingerprint density at radius 1 is 1.37 bits per heavy atom. The summed E-state index contributed by atoms with van der Waals surface area (Å²) in [6.45, 7) is 10.2. The lowest BCUT2D eigenvalue weighted by atomic mass is 9.76. The van der Waals surface area contributed by atoms with Crippen LogP contribution in [0.3, 0.4) is 0 Å². The largest absolute Gasteiger partial charge is 0.496 e. The van der Waals surface area contributed by atoms with Crippen molar-refractivity contribution in [2.45, 2.75) is 52.4 Å². The zero-order valence-electron chi connectivity index (χ0n) is 12.7. The molecule has 106 valence electrons. The van der Waals surface area contributed by atoms with Crippen LogP contribution in [0.5, 0.6) is 5.75 Å². The van der Waals surface area contributed by atoms with E-state index in [9.17, 15) is 4.79 Å². The predicted molar refractivity (Wildman–Crippen MR) is 77.1 cm³/mol. The van der Waals surface area contributed by atoms with Crippen LogP contribution in [0, 0.1) is 6.92 Å². The van der Waals surface area contributed by atoms with Crippen LogP contribution < -0.4 is 4.74 Å². The molecular weight excluding hydrogens is 240 g/mol. The fourth-order valence-electron chi connectivity index (χ4n) is 2.62. The molecule has 1 N–H and O–H groups in total. The van der Waals surface area contributed by atoms with Gasteiger partial charge in [0.15, 0.2) is 0 Å². The minimum atomic E-state index is -0.778. The van der Waals surface area contributed by atoms with Gasteiger partial charge in [0, 0.05) is 11.0 Å². The van der Waals surface area contributed by atoms with Crippen LogP contribution in [0.2, 0.25) is 0 Å². The van der Waals surface area contributed by atoms with Crippen molar-refractivity contribution < 1.29 is 14.6 Å². The van der Waals surface area contributed by atoms with Gasteiger partial charge in [-0.05, 0) is 24.0 Å². The number of hydrogen-bond donors (Lipinski definition) is 1. The molecule has 0 unspecified atom stereocenters. The first-order chi connectivity index (χ1) is 8.70. The molecule has 0 atom stereocenters. The normalized spacial score (nSPS) is 11.7. The number of rotatable bonds is 5. The molecule has 0 saturated heterocycles. The van der Waals surface area contributed by atoms with Gasteiger partial charge >= 0.3 is 5.97 Å². The lowest BCUT2D eigenvalue weighted by Gasteiger charge is -2.29. The standard InChI is InChI=1S/C16H24O3/c1-10(2)14-12(16(4,5)9-13(17)18)8-7-11(3)15(14)19-6/h7-8,10H,9H2,1-6H3,(H,17,18). The van der Waals surface area contributed by atoms with E-state index in [4.69, 9.17) is 9.84 Å². The number of ether oxygens (including phenoxy) is 1. The quantitative estimate of drug-likeness (QED) is 0.878. The molecule has 0 amide bonds. The summed E-state index contributed by atoms with van der Waals surface area (Å²) in [5, 5.41) is 9.09. The molecular formula is C16H24O3. The van der Waals surface area contributed by atoms with E-state index in [0.717, 1.165) is 22.4 Å². The van der Waals surface area contributed by atoms with E-state index in [1.807, 2.05) is 32.9 Å². The molecule has 3 nitrogen and oxygen atoms in total. The van der Waals surface area contributed by atoms with Crippen molar-refractivity contribution in [3.63, 3.8) is 0 Å². The van der Waals surface area contributed by atoms with Gasteiger partial charge in [0.05, 0.1) is 13.5 Å². The van der Waals surface area contributed by atoms with Gasteiger partial charge in [-0.25, -0.2) is 0 Å². The second-order valence-corrected chi connectivity index (χ2v) is 5.99. The van der Waals surface area contributed by atoms with Crippen LogP contribution in [-0.2, 0) is 10.2 Å². The second kappa shape index (κ2) is 5.64. The fraction of sp³-hybridized carbons (Fsp3) is 0.562. The Morgan fingerprint density at radius 2 is 1.95 bits per heavy atom. The monoisotopic (exact) mass is 264 g/mol. The van der Waals surface area contributed by atoms with Crippen molar-refractivity contribution in [3.05, 3.63) is 28.8 Å². The molecule has 0 radical (unpaired) electrons. The molecule has 0 aliphatic heterocycles. The number of aryl methyl sites for hydroxylation is 1. The Balaban J connectivity index is 3.47. The molecule has 19 heavy (non-hydrogen) atoms. The van der Waals surface area contributed by atoms with E-state index < -0.39 is 11.4 Å². The van der Waals surface area contributed by atoms with Crippen molar-refractivity contribution in [1.82, 2.24) is 0 Å². The zero-order valence-corrected chi connectivity index (χ0v) is 12.7. The Kier molecular flexibility index (Phi) is 4.61. The van der Waals surface area contributed by atoms with Gasteiger partial charge in [-0.1, -0.05) is 39.8 Å². The number of carbonyl (C=O) groups is 1. The molecule has 0 saturated carbocycles. The Bertz CT molecular complexity index is 473. The summed E-state index contributed by atoms with van der Waals surface area (Å²) in [5.74, 6) is 0.392. The lowest BCUT2D eigenvalue weighted by molar-refractivity contribution is -0.138. The summed E-state index contributed by atoms with van der Waals surface area (Å²) < 4.78 is 5.53. The number of aliphatic carboxylic acids is 1. The molecule has 0 heterocycles. The Hall–Kier alpha value is -1.51. The molecule has 0 aliphatic carbocycles. The van der Waals surface area contributed by atoms with Gasteiger partial charge in [-0.3, -0.25) is 4.79 Å². The highest BCUT2D eigenvalue weighted by Gasteiger charge is 2.29. The number of benzene rings is 1. The van der Waals surface area contributed by atoms with Crippen molar-refractivity contribution in [2.75, 3.05) is 7.11 Å². The van der Waals surface area contributed by atoms with Gasteiger partial charge in [0.1, 0.15) is 5.75 Å². The molecule has 1 aromatic carbocycles. The summed E-state index contributed by atoms with van der Waals surface area (Å²) in [5.41, 5.74) is 2.86. The van der Waals surface area contributed by atoms with Crippen LogP contribution in [0.25, 0.3) is 0 Å². The number of carboxylic acids is 1. The van der Waals surface area contributed by atoms with Crippen LogP contribution >= 0.6 is 0 Å². The van der Waals surface area contributed by atoms with Crippen molar-refractivity contribution in [2.24, 2.45) is 0 Å². The fourth-order valence-corrected chi connectivity index (χ4v) is 2.62. The summed E-state index contributed by atoms with van der Waals surface area (Å²) in [6, 6.07) is 4.04. The number of methoxy groups -OCH3 is 1. The van der Waals surface area contributed by atoms with Crippen molar-refractivity contribution in [1.29, 1.82) is 0 Å². The first-order valence-electron chi connectivity index (χ1n) is 6.60. The summed E-state index contributed by atoms with van der Waals surface area (Å²) in [6.07, 6.45) is 0.110. The van der Waals surface area contributed by atoms with Crippen LogP contribution in [0.4, 0.5) is 0 Å². The highest BCUT2D eigenvalue weighted by atomic mass is 16.5. The molecule has 0 bridgehead atoms. The summed E-state index contributed by atoms with van der Waals surface area (Å²) >= 11 is 0. The zero-order chi connectivity index (χ0) is 14.8. The topological polar surface area (TPSA) is 46.5 Å². The Morgan fingerprint density at radius 3 is 2.37 bits per heavy atom. The SMILES string of the molecule is COc1c(C)ccc(C(C)(C)CC(=O)O)c1C(C)C. The van der Waals surface area contributed by atoms with E-state index in [-0.39, 0.29) is 12.3 Å². The van der Waals surface area contributed by atoms with E-state index in [1.54, 1.807) is 7.11 Å². The summed E-state index contributed by atoms with van der Waals surface area (Å²) in [4.78, 5) is 11.1. The molecule has 3 heteroatoms.